The summed E-state index contributed by atoms with van der Waals surface area (Å²) in [6.45, 7) is 1.48. The summed E-state index contributed by atoms with van der Waals surface area (Å²) in [5, 5.41) is 3.33. The van der Waals surface area contributed by atoms with Crippen LogP contribution in [0.4, 0.5) is 5.69 Å². The number of nitrogens with zero attached hydrogens (tertiary/aromatic N) is 1. The van der Waals surface area contributed by atoms with Crippen LogP contribution in [0.2, 0.25) is 5.02 Å². The molecule has 0 aromatic heterocycles. The molecule has 0 unspecified atom stereocenters. The second kappa shape index (κ2) is 10.3. The van der Waals surface area contributed by atoms with Crippen LogP contribution in [0.3, 0.4) is 0 Å². The number of carbonyl (C=O) groups excluding carboxylic acids is 2. The van der Waals surface area contributed by atoms with E-state index in [1.807, 2.05) is 23.1 Å². The third kappa shape index (κ3) is 5.25. The third-order valence-electron chi connectivity index (χ3n) is 5.24. The lowest BCUT2D eigenvalue weighted by Gasteiger charge is -2.27. The maximum absolute atomic E-state index is 12.9. The summed E-state index contributed by atoms with van der Waals surface area (Å²) in [5.41, 5.74) is 1.79. The Kier molecular flexibility index (Phi) is 7.57. The SMILES string of the molecule is COc1cccc(CCC(=O)Nc2cc(Cl)ccc2C(=O)N2CCCCC2)c1OC. The fourth-order valence-corrected chi connectivity index (χ4v) is 3.86. The van der Waals surface area contributed by atoms with Crippen LogP contribution in [0.25, 0.3) is 0 Å². The van der Waals surface area contributed by atoms with Gasteiger partial charge in [-0.25, -0.2) is 0 Å². The van der Waals surface area contributed by atoms with Crippen molar-refractivity contribution in [3.05, 3.63) is 52.5 Å². The molecule has 1 aliphatic heterocycles. The van der Waals surface area contributed by atoms with Gasteiger partial charge in [0, 0.05) is 24.5 Å². The zero-order chi connectivity index (χ0) is 21.5. The topological polar surface area (TPSA) is 67.9 Å². The summed E-state index contributed by atoms with van der Waals surface area (Å²) in [5.74, 6) is 0.974. The number of likely N-dealkylation sites (tertiary alicyclic amines) is 1. The van der Waals surface area contributed by atoms with E-state index < -0.39 is 0 Å². The Hall–Kier alpha value is -2.73. The van der Waals surface area contributed by atoms with Crippen molar-refractivity contribution in [3.8, 4) is 11.5 Å². The van der Waals surface area contributed by atoms with Crippen molar-refractivity contribution in [3.63, 3.8) is 0 Å². The molecule has 1 N–H and O–H groups in total. The van der Waals surface area contributed by atoms with E-state index in [1.165, 1.54) is 0 Å². The van der Waals surface area contributed by atoms with Crippen molar-refractivity contribution in [2.24, 2.45) is 0 Å². The van der Waals surface area contributed by atoms with E-state index in [0.29, 0.717) is 34.2 Å². The van der Waals surface area contributed by atoms with Crippen molar-refractivity contribution in [1.82, 2.24) is 4.90 Å². The highest BCUT2D eigenvalue weighted by Crippen LogP contribution is 2.31. The van der Waals surface area contributed by atoms with Crippen LogP contribution in [0.1, 0.15) is 41.6 Å². The molecule has 1 aliphatic rings. The minimum atomic E-state index is -0.199. The molecule has 30 heavy (non-hydrogen) atoms. The smallest absolute Gasteiger partial charge is 0.255 e. The van der Waals surface area contributed by atoms with Crippen LogP contribution in [0, 0.1) is 0 Å². The molecule has 2 amide bonds. The van der Waals surface area contributed by atoms with Crippen molar-refractivity contribution in [1.29, 1.82) is 0 Å². The number of halogens is 1. The van der Waals surface area contributed by atoms with E-state index in [0.717, 1.165) is 37.9 Å². The van der Waals surface area contributed by atoms with Gasteiger partial charge in [-0.1, -0.05) is 23.7 Å². The molecule has 1 fully saturated rings. The number of carbonyl (C=O) groups is 2. The predicted molar refractivity (Wildman–Crippen MR) is 118 cm³/mol. The van der Waals surface area contributed by atoms with E-state index in [1.54, 1.807) is 32.4 Å². The lowest BCUT2D eigenvalue weighted by molar-refractivity contribution is -0.116. The van der Waals surface area contributed by atoms with Crippen LogP contribution < -0.4 is 14.8 Å². The van der Waals surface area contributed by atoms with Crippen molar-refractivity contribution >= 4 is 29.1 Å². The van der Waals surface area contributed by atoms with Crippen LogP contribution in [-0.2, 0) is 11.2 Å². The largest absolute Gasteiger partial charge is 0.493 e. The minimum Gasteiger partial charge on any atom is -0.493 e. The fourth-order valence-electron chi connectivity index (χ4n) is 3.69. The quantitative estimate of drug-likeness (QED) is 0.699. The number of amides is 2. The molecule has 1 saturated heterocycles. The van der Waals surface area contributed by atoms with Crippen molar-refractivity contribution in [2.75, 3.05) is 32.6 Å². The molecule has 1 heterocycles. The molecular weight excluding hydrogens is 404 g/mol. The van der Waals surface area contributed by atoms with E-state index in [2.05, 4.69) is 5.32 Å². The van der Waals surface area contributed by atoms with Gasteiger partial charge in [-0.3, -0.25) is 9.59 Å². The van der Waals surface area contributed by atoms with Gasteiger partial charge in [-0.2, -0.15) is 0 Å². The average Bonchev–Trinajstić information content (AvgIpc) is 2.77. The first-order valence-electron chi connectivity index (χ1n) is 10.1. The number of hydrogen-bond acceptors (Lipinski definition) is 4. The molecule has 0 saturated carbocycles. The molecule has 160 valence electrons. The van der Waals surface area contributed by atoms with E-state index in [9.17, 15) is 9.59 Å². The van der Waals surface area contributed by atoms with Gasteiger partial charge in [0.2, 0.25) is 5.91 Å². The van der Waals surface area contributed by atoms with Gasteiger partial charge in [-0.15, -0.1) is 0 Å². The van der Waals surface area contributed by atoms with Gasteiger partial charge in [0.1, 0.15) is 0 Å². The van der Waals surface area contributed by atoms with Gasteiger partial charge in [0.05, 0.1) is 25.5 Å². The fraction of sp³-hybridized carbons (Fsp3) is 0.391. The lowest BCUT2D eigenvalue weighted by atomic mass is 10.1. The van der Waals surface area contributed by atoms with Gasteiger partial charge in [-0.05, 0) is 55.5 Å². The number of benzene rings is 2. The molecule has 3 rings (SSSR count). The van der Waals surface area contributed by atoms with Gasteiger partial charge >= 0.3 is 0 Å². The Bertz CT molecular complexity index is 910. The number of para-hydroxylation sites is 1. The van der Waals surface area contributed by atoms with Gasteiger partial charge in [0.15, 0.2) is 11.5 Å². The number of nitrogens with one attached hydrogen (secondary N) is 1. The minimum absolute atomic E-state index is 0.0730. The van der Waals surface area contributed by atoms with Crippen LogP contribution >= 0.6 is 11.6 Å². The second-order valence-corrected chi connectivity index (χ2v) is 7.68. The van der Waals surface area contributed by atoms with E-state index in [-0.39, 0.29) is 18.2 Å². The molecule has 2 aromatic rings. The van der Waals surface area contributed by atoms with Crippen molar-refractivity contribution < 1.29 is 19.1 Å². The van der Waals surface area contributed by atoms with Crippen molar-refractivity contribution in [2.45, 2.75) is 32.1 Å². The van der Waals surface area contributed by atoms with Crippen LogP contribution in [-0.4, -0.2) is 44.0 Å². The Morgan fingerprint density at radius 2 is 1.83 bits per heavy atom. The molecule has 7 heteroatoms. The number of anilines is 1. The molecule has 2 aromatic carbocycles. The highest BCUT2D eigenvalue weighted by atomic mass is 35.5. The lowest BCUT2D eigenvalue weighted by Crippen LogP contribution is -2.36. The monoisotopic (exact) mass is 430 g/mol. The van der Waals surface area contributed by atoms with E-state index >= 15 is 0 Å². The zero-order valence-corrected chi connectivity index (χ0v) is 18.1. The van der Waals surface area contributed by atoms with Gasteiger partial charge < -0.3 is 19.7 Å². The predicted octanol–water partition coefficient (Wildman–Crippen LogP) is 4.55. The molecule has 0 radical (unpaired) electrons. The Morgan fingerprint density at radius 3 is 2.53 bits per heavy atom. The average molecular weight is 431 g/mol. The number of ether oxygens (including phenoxy) is 2. The number of methoxy groups -OCH3 is 2. The number of aryl methyl sites for hydroxylation is 1. The molecule has 0 bridgehead atoms. The Balaban J connectivity index is 1.71. The Morgan fingerprint density at radius 1 is 1.07 bits per heavy atom. The molecule has 6 nitrogen and oxygen atoms in total. The first-order valence-corrected chi connectivity index (χ1v) is 10.5. The Labute approximate surface area is 182 Å². The highest BCUT2D eigenvalue weighted by Gasteiger charge is 2.22. The first-order chi connectivity index (χ1) is 14.5. The first kappa shape index (κ1) is 22.0. The summed E-state index contributed by atoms with van der Waals surface area (Å²) in [6, 6.07) is 10.6. The molecule has 0 atom stereocenters. The second-order valence-electron chi connectivity index (χ2n) is 7.24. The normalized spacial score (nSPS) is 13.6. The third-order valence-corrected chi connectivity index (χ3v) is 5.47. The summed E-state index contributed by atoms with van der Waals surface area (Å²) >= 11 is 6.13. The number of hydrogen-bond donors (Lipinski definition) is 1. The number of rotatable bonds is 7. The van der Waals surface area contributed by atoms with E-state index in [4.69, 9.17) is 21.1 Å². The zero-order valence-electron chi connectivity index (χ0n) is 17.4. The molecule has 0 aliphatic carbocycles. The summed E-state index contributed by atoms with van der Waals surface area (Å²) < 4.78 is 10.7. The summed E-state index contributed by atoms with van der Waals surface area (Å²) in [4.78, 5) is 27.4. The van der Waals surface area contributed by atoms with Crippen LogP contribution in [0.5, 0.6) is 11.5 Å². The maximum atomic E-state index is 12.9. The summed E-state index contributed by atoms with van der Waals surface area (Å²) in [7, 11) is 3.15. The number of piperidine rings is 1. The van der Waals surface area contributed by atoms with Crippen LogP contribution in [0.15, 0.2) is 36.4 Å². The highest BCUT2D eigenvalue weighted by molar-refractivity contribution is 6.31. The molecular formula is C23H27ClN2O4. The summed E-state index contributed by atoms with van der Waals surface area (Å²) in [6.07, 6.45) is 3.85. The maximum Gasteiger partial charge on any atom is 0.255 e. The van der Waals surface area contributed by atoms with Gasteiger partial charge in [0.25, 0.3) is 5.91 Å². The standard InChI is InChI=1S/C23H27ClN2O4/c1-29-20-8-6-7-16(22(20)30-2)9-12-21(27)25-19-15-17(24)10-11-18(19)23(28)26-13-4-3-5-14-26/h6-8,10-11,15H,3-5,9,12-14H2,1-2H3,(H,25,27). The molecule has 0 spiro atoms.